The number of anilines is 2. The predicted molar refractivity (Wildman–Crippen MR) is 187 cm³/mol. The summed E-state index contributed by atoms with van der Waals surface area (Å²) in [5, 5.41) is 4.02. The van der Waals surface area contributed by atoms with Gasteiger partial charge in [-0.2, -0.15) is 0 Å². The number of ether oxygens (including phenoxy) is 1. The summed E-state index contributed by atoms with van der Waals surface area (Å²) < 4.78 is 6.13. The number of rotatable bonds is 12. The Morgan fingerprint density at radius 2 is 1.65 bits per heavy atom. The Morgan fingerprint density at radius 1 is 0.913 bits per heavy atom. The van der Waals surface area contributed by atoms with E-state index in [0.717, 1.165) is 58.3 Å². The van der Waals surface area contributed by atoms with Crippen LogP contribution in [0.4, 0.5) is 16.2 Å². The van der Waals surface area contributed by atoms with Crippen LogP contribution in [0.5, 0.6) is 5.75 Å². The zero-order valence-corrected chi connectivity index (χ0v) is 27.3. The van der Waals surface area contributed by atoms with E-state index in [1.165, 1.54) is 5.56 Å². The lowest BCUT2D eigenvalue weighted by molar-refractivity contribution is 0.256. The summed E-state index contributed by atoms with van der Waals surface area (Å²) in [7, 11) is 0. The number of pyridine rings is 3. The fraction of sp³-hybridized carbons (Fsp3) is 0.316. The molecule has 2 aromatic carbocycles. The number of carbonyl (C=O) groups is 1. The van der Waals surface area contributed by atoms with E-state index in [-0.39, 0.29) is 23.4 Å². The van der Waals surface area contributed by atoms with Crippen molar-refractivity contribution in [2.75, 3.05) is 23.4 Å². The molecule has 0 spiro atoms. The van der Waals surface area contributed by atoms with Crippen LogP contribution in [0.1, 0.15) is 76.0 Å². The highest BCUT2D eigenvalue weighted by atomic mass is 16.5. The van der Waals surface area contributed by atoms with Crippen molar-refractivity contribution in [3.63, 3.8) is 0 Å². The van der Waals surface area contributed by atoms with Crippen molar-refractivity contribution in [3.05, 3.63) is 112 Å². The molecule has 3 aromatic heterocycles. The van der Waals surface area contributed by atoms with Gasteiger partial charge in [0, 0.05) is 42.6 Å². The lowest BCUT2D eigenvalue weighted by Crippen LogP contribution is -2.39. The minimum absolute atomic E-state index is 0.131. The van der Waals surface area contributed by atoms with Gasteiger partial charge in [-0.3, -0.25) is 14.7 Å². The quantitative estimate of drug-likeness (QED) is 0.146. The van der Waals surface area contributed by atoms with Gasteiger partial charge < -0.3 is 15.0 Å². The third-order valence-corrected chi connectivity index (χ3v) is 8.12. The smallest absolute Gasteiger partial charge is 0.326 e. The van der Waals surface area contributed by atoms with Gasteiger partial charge in [0.15, 0.2) is 0 Å². The van der Waals surface area contributed by atoms with Crippen LogP contribution in [0.25, 0.3) is 22.2 Å². The molecular formula is C38H43N5O3. The largest absolute Gasteiger partial charge is 0.493 e. The van der Waals surface area contributed by atoms with E-state index >= 15 is 0 Å². The molecule has 8 heteroatoms. The molecule has 0 bridgehead atoms. The van der Waals surface area contributed by atoms with Crippen LogP contribution in [0, 0.1) is 0 Å². The molecule has 3 heterocycles. The molecule has 0 radical (unpaired) electrons. The molecule has 46 heavy (non-hydrogen) atoms. The Morgan fingerprint density at radius 3 is 2.35 bits per heavy atom. The molecule has 0 saturated carbocycles. The van der Waals surface area contributed by atoms with Gasteiger partial charge >= 0.3 is 6.03 Å². The van der Waals surface area contributed by atoms with Crippen molar-refractivity contribution >= 4 is 28.4 Å². The number of amides is 2. The Balaban J connectivity index is 1.46. The van der Waals surface area contributed by atoms with Gasteiger partial charge in [0.25, 0.3) is 5.56 Å². The van der Waals surface area contributed by atoms with Crippen molar-refractivity contribution < 1.29 is 9.53 Å². The average Bonchev–Trinajstić information content (AvgIpc) is 3.05. The highest BCUT2D eigenvalue weighted by molar-refractivity contribution is 6.03. The third-order valence-electron chi connectivity index (χ3n) is 8.12. The molecule has 5 rings (SSSR count). The van der Waals surface area contributed by atoms with E-state index in [1.54, 1.807) is 29.6 Å². The highest BCUT2D eigenvalue weighted by Gasteiger charge is 2.24. The molecule has 8 nitrogen and oxygen atoms in total. The lowest BCUT2D eigenvalue weighted by atomic mass is 9.88. The second-order valence-corrected chi connectivity index (χ2v) is 12.2. The van der Waals surface area contributed by atoms with E-state index < -0.39 is 0 Å². The fourth-order valence-corrected chi connectivity index (χ4v) is 5.56. The van der Waals surface area contributed by atoms with Crippen molar-refractivity contribution in [2.45, 2.75) is 65.7 Å². The molecule has 0 aliphatic carbocycles. The Bertz CT molecular complexity index is 1820. The van der Waals surface area contributed by atoms with Crippen LogP contribution in [0.2, 0.25) is 0 Å². The molecule has 0 fully saturated rings. The van der Waals surface area contributed by atoms with Crippen molar-refractivity contribution in [3.8, 4) is 16.9 Å². The Hall–Kier alpha value is -4.98. The molecule has 238 valence electrons. The lowest BCUT2D eigenvalue weighted by Gasteiger charge is -2.27. The number of hydrogen-bond donors (Lipinski definition) is 2. The monoisotopic (exact) mass is 617 g/mol. The first-order valence-corrected chi connectivity index (χ1v) is 16.1. The molecule has 2 amide bonds. The minimum atomic E-state index is -0.344. The first-order chi connectivity index (χ1) is 22.2. The fourth-order valence-electron chi connectivity index (χ4n) is 5.56. The molecular weight excluding hydrogens is 574 g/mol. The average molecular weight is 618 g/mol. The van der Waals surface area contributed by atoms with Gasteiger partial charge in [-0.15, -0.1) is 0 Å². The molecule has 0 atom stereocenters. The van der Waals surface area contributed by atoms with E-state index in [4.69, 9.17) is 4.74 Å². The summed E-state index contributed by atoms with van der Waals surface area (Å²) in [6.45, 7) is 11.6. The third kappa shape index (κ3) is 7.62. The number of carbonyl (C=O) groups excluding carboxylic acids is 1. The summed E-state index contributed by atoms with van der Waals surface area (Å²) >= 11 is 0. The predicted octanol–water partition coefficient (Wildman–Crippen LogP) is 8.69. The maximum atomic E-state index is 14.1. The number of nitrogens with one attached hydrogen (secondary N) is 2. The van der Waals surface area contributed by atoms with E-state index in [0.29, 0.717) is 24.5 Å². The maximum absolute atomic E-state index is 14.1. The first-order valence-electron chi connectivity index (χ1n) is 16.1. The number of urea groups is 1. The van der Waals surface area contributed by atoms with Crippen molar-refractivity contribution in [1.29, 1.82) is 0 Å². The summed E-state index contributed by atoms with van der Waals surface area (Å²) in [6, 6.07) is 21.6. The van der Waals surface area contributed by atoms with Gasteiger partial charge in [-0.05, 0) is 101 Å². The molecule has 0 unspecified atom stereocenters. The summed E-state index contributed by atoms with van der Waals surface area (Å²) in [5.74, 6) is 1.07. The number of H-pyrrole nitrogens is 1. The van der Waals surface area contributed by atoms with Crippen LogP contribution in [0.3, 0.4) is 0 Å². The van der Waals surface area contributed by atoms with Gasteiger partial charge in [0.05, 0.1) is 6.61 Å². The second kappa shape index (κ2) is 14.9. The number of fused-ring (bicyclic) bond motifs is 1. The van der Waals surface area contributed by atoms with E-state index in [9.17, 15) is 9.59 Å². The number of benzene rings is 2. The van der Waals surface area contributed by atoms with Gasteiger partial charge in [-0.25, -0.2) is 9.78 Å². The second-order valence-electron chi connectivity index (χ2n) is 12.2. The maximum Gasteiger partial charge on any atom is 0.326 e. The minimum Gasteiger partial charge on any atom is -0.493 e. The van der Waals surface area contributed by atoms with Gasteiger partial charge in [0.2, 0.25) is 0 Å². The zero-order chi connectivity index (χ0) is 32.6. The van der Waals surface area contributed by atoms with E-state index in [2.05, 4.69) is 79.2 Å². The molecule has 2 N–H and O–H groups in total. The van der Waals surface area contributed by atoms with Gasteiger partial charge in [0.1, 0.15) is 17.1 Å². The zero-order valence-electron chi connectivity index (χ0n) is 27.3. The summed E-state index contributed by atoms with van der Waals surface area (Å²) in [4.78, 5) is 40.0. The molecule has 0 aliphatic rings. The SMILES string of the molecule is CCCCN(C(=O)Nc1c(C(C)C)cc(-c2cccc(OCCc3ccncc3)c2)cc1C(C)C)c1cc2cccnc2[nH]c1=O. The van der Waals surface area contributed by atoms with Crippen molar-refractivity contribution in [2.24, 2.45) is 0 Å². The van der Waals surface area contributed by atoms with Gasteiger partial charge in [-0.1, -0.05) is 53.2 Å². The molecule has 5 aromatic rings. The standard InChI is InChI=1S/C38H43N5O3/c1-6-7-19-43(34-24-29-11-9-16-40-36(29)42-37(34)44)38(45)41-35-32(25(2)3)22-30(23-33(35)26(4)5)28-10-8-12-31(21-28)46-20-15-27-13-17-39-18-14-27/h8-14,16-18,21-26H,6-7,15,19-20H2,1-5H3,(H,41,45)(H,40,42,44). The summed E-state index contributed by atoms with van der Waals surface area (Å²) in [5.41, 5.74) is 6.61. The van der Waals surface area contributed by atoms with Crippen LogP contribution in [0.15, 0.2) is 90.1 Å². The normalized spacial score (nSPS) is 11.3. The number of aromatic nitrogens is 3. The number of unbranched alkanes of at least 4 members (excludes halogenated alkanes) is 1. The first kappa shape index (κ1) is 32.4. The topological polar surface area (TPSA) is 100 Å². The van der Waals surface area contributed by atoms with Crippen LogP contribution in [-0.2, 0) is 6.42 Å². The highest BCUT2D eigenvalue weighted by Crippen LogP contribution is 2.38. The number of aromatic amines is 1. The van der Waals surface area contributed by atoms with E-state index in [1.807, 2.05) is 36.4 Å². The van der Waals surface area contributed by atoms with Crippen LogP contribution in [-0.4, -0.2) is 34.1 Å². The van der Waals surface area contributed by atoms with Crippen LogP contribution >= 0.6 is 0 Å². The number of nitrogens with zero attached hydrogens (tertiary/aromatic N) is 3. The Kier molecular flexibility index (Phi) is 10.5. The Labute approximate surface area is 270 Å². The summed E-state index contributed by atoms with van der Waals surface area (Å²) in [6.07, 6.45) is 7.66. The van der Waals surface area contributed by atoms with Crippen LogP contribution < -0.4 is 20.5 Å². The number of hydrogen-bond acceptors (Lipinski definition) is 5. The molecule has 0 saturated heterocycles. The molecule has 0 aliphatic heterocycles. The van der Waals surface area contributed by atoms with Crippen molar-refractivity contribution in [1.82, 2.24) is 15.0 Å².